The molecule has 1 fully saturated rings. The molecule has 3 aromatic rings. The van der Waals surface area contributed by atoms with Crippen LogP contribution in [-0.2, 0) is 12.0 Å². The number of aromatic nitrogens is 2. The predicted molar refractivity (Wildman–Crippen MR) is 101 cm³/mol. The highest BCUT2D eigenvalue weighted by atomic mass is 19.1. The lowest BCUT2D eigenvalue weighted by Gasteiger charge is -2.16. The third kappa shape index (κ3) is 3.88. The topological polar surface area (TPSA) is 59.0 Å². The normalized spacial score (nSPS) is 14.5. The number of hydrogen-bond donors (Lipinski definition) is 2. The number of halogens is 2. The molecule has 4 rings (SSSR count). The van der Waals surface area contributed by atoms with E-state index in [1.54, 1.807) is 6.20 Å². The lowest BCUT2D eigenvalue weighted by Crippen LogP contribution is -2.39. The molecule has 1 saturated carbocycles. The van der Waals surface area contributed by atoms with Crippen molar-refractivity contribution in [3.63, 3.8) is 0 Å². The molecule has 2 N–H and O–H groups in total. The Bertz CT molecular complexity index is 983. The van der Waals surface area contributed by atoms with Crippen LogP contribution < -0.4 is 10.6 Å². The highest BCUT2D eigenvalue weighted by molar-refractivity contribution is 5.74. The summed E-state index contributed by atoms with van der Waals surface area (Å²) in [6, 6.07) is 13.2. The van der Waals surface area contributed by atoms with Gasteiger partial charge in [0, 0.05) is 36.3 Å². The highest BCUT2D eigenvalue weighted by Crippen LogP contribution is 2.47. The first kappa shape index (κ1) is 18.2. The summed E-state index contributed by atoms with van der Waals surface area (Å²) in [4.78, 5) is 12.1. The van der Waals surface area contributed by atoms with Crippen molar-refractivity contribution in [1.82, 2.24) is 20.4 Å². The van der Waals surface area contributed by atoms with Gasteiger partial charge >= 0.3 is 6.03 Å². The third-order valence-corrected chi connectivity index (χ3v) is 5.07. The second-order valence-electron chi connectivity index (χ2n) is 7.07. The average molecular weight is 382 g/mol. The monoisotopic (exact) mass is 382 g/mol. The number of rotatable bonds is 6. The molecule has 0 spiro atoms. The van der Waals surface area contributed by atoms with Crippen molar-refractivity contribution in [2.75, 3.05) is 6.54 Å². The van der Waals surface area contributed by atoms with E-state index < -0.39 is 11.6 Å². The SMILES string of the molecule is O=C(NCc1cnn(-c2ccc(F)cc2F)c1)NCC1(c2ccccc2)CC1. The molecule has 0 bridgehead atoms. The largest absolute Gasteiger partial charge is 0.337 e. The summed E-state index contributed by atoms with van der Waals surface area (Å²) < 4.78 is 28.2. The van der Waals surface area contributed by atoms with Gasteiger partial charge in [0.2, 0.25) is 0 Å². The van der Waals surface area contributed by atoms with Gasteiger partial charge in [0.15, 0.2) is 5.82 Å². The Morgan fingerprint density at radius 1 is 1.11 bits per heavy atom. The van der Waals surface area contributed by atoms with Crippen LogP contribution in [-0.4, -0.2) is 22.4 Å². The maximum atomic E-state index is 13.8. The van der Waals surface area contributed by atoms with Gasteiger partial charge in [0.25, 0.3) is 0 Å². The van der Waals surface area contributed by atoms with Gasteiger partial charge in [-0.15, -0.1) is 0 Å². The molecule has 0 saturated heterocycles. The molecule has 1 aromatic heterocycles. The second-order valence-corrected chi connectivity index (χ2v) is 7.07. The highest BCUT2D eigenvalue weighted by Gasteiger charge is 2.44. The Morgan fingerprint density at radius 2 is 1.89 bits per heavy atom. The first-order valence-corrected chi connectivity index (χ1v) is 9.12. The first-order chi connectivity index (χ1) is 13.6. The zero-order chi connectivity index (χ0) is 19.6. The van der Waals surface area contributed by atoms with Gasteiger partial charge in [-0.05, 0) is 30.5 Å². The number of carbonyl (C=O) groups is 1. The van der Waals surface area contributed by atoms with E-state index in [1.165, 1.54) is 28.6 Å². The fourth-order valence-corrected chi connectivity index (χ4v) is 3.25. The fourth-order valence-electron chi connectivity index (χ4n) is 3.25. The summed E-state index contributed by atoms with van der Waals surface area (Å²) in [5.41, 5.74) is 2.15. The van der Waals surface area contributed by atoms with E-state index in [0.717, 1.165) is 18.9 Å². The standard InChI is InChI=1S/C21H20F2N4O/c22-17-6-7-19(18(23)10-17)27-13-15(12-26-27)11-24-20(28)25-14-21(8-9-21)16-4-2-1-3-5-16/h1-7,10,12-13H,8-9,11,14H2,(H2,24,25,28). The number of carbonyl (C=O) groups excluding carboxylic acids is 1. The summed E-state index contributed by atoms with van der Waals surface area (Å²) >= 11 is 0. The van der Waals surface area contributed by atoms with E-state index in [2.05, 4.69) is 27.9 Å². The average Bonchev–Trinajstić information content (AvgIpc) is 3.36. The van der Waals surface area contributed by atoms with Crippen molar-refractivity contribution in [3.05, 3.63) is 83.7 Å². The van der Waals surface area contributed by atoms with E-state index in [9.17, 15) is 13.6 Å². The van der Waals surface area contributed by atoms with Crippen molar-refractivity contribution < 1.29 is 13.6 Å². The summed E-state index contributed by atoms with van der Waals surface area (Å²) in [6.07, 6.45) is 5.26. The van der Waals surface area contributed by atoms with Crippen molar-refractivity contribution in [2.45, 2.75) is 24.8 Å². The Labute approximate surface area is 161 Å². The number of benzene rings is 2. The predicted octanol–water partition coefficient (Wildman–Crippen LogP) is 3.68. The Morgan fingerprint density at radius 3 is 2.61 bits per heavy atom. The molecule has 1 aliphatic carbocycles. The van der Waals surface area contributed by atoms with E-state index in [0.29, 0.717) is 12.1 Å². The molecular weight excluding hydrogens is 362 g/mol. The fraction of sp³-hybridized carbons (Fsp3) is 0.238. The quantitative estimate of drug-likeness (QED) is 0.683. The van der Waals surface area contributed by atoms with Gasteiger partial charge in [0.1, 0.15) is 11.5 Å². The molecule has 0 radical (unpaired) electrons. The zero-order valence-electron chi connectivity index (χ0n) is 15.2. The van der Waals surface area contributed by atoms with Gasteiger partial charge in [0.05, 0.1) is 6.20 Å². The van der Waals surface area contributed by atoms with Crippen LogP contribution in [0, 0.1) is 11.6 Å². The van der Waals surface area contributed by atoms with Crippen LogP contribution in [0.4, 0.5) is 13.6 Å². The van der Waals surface area contributed by atoms with E-state index >= 15 is 0 Å². The molecule has 2 amide bonds. The number of nitrogens with zero attached hydrogens (tertiary/aromatic N) is 2. The van der Waals surface area contributed by atoms with Crippen LogP contribution in [0.2, 0.25) is 0 Å². The molecule has 7 heteroatoms. The molecule has 1 heterocycles. The molecule has 2 aromatic carbocycles. The van der Waals surface area contributed by atoms with Gasteiger partial charge in [-0.25, -0.2) is 18.3 Å². The molecule has 0 unspecified atom stereocenters. The number of urea groups is 1. The number of amides is 2. The Kier molecular flexibility index (Phi) is 4.81. The molecule has 28 heavy (non-hydrogen) atoms. The van der Waals surface area contributed by atoms with E-state index in [-0.39, 0.29) is 23.7 Å². The molecule has 0 atom stereocenters. The minimum Gasteiger partial charge on any atom is -0.337 e. The van der Waals surface area contributed by atoms with Gasteiger partial charge in [-0.2, -0.15) is 5.10 Å². The van der Waals surface area contributed by atoms with Crippen LogP contribution in [0.3, 0.4) is 0 Å². The molecule has 5 nitrogen and oxygen atoms in total. The Hall–Kier alpha value is -3.22. The maximum Gasteiger partial charge on any atom is 0.315 e. The van der Waals surface area contributed by atoms with Gasteiger partial charge in [-0.1, -0.05) is 30.3 Å². The summed E-state index contributed by atoms with van der Waals surface area (Å²) in [6.45, 7) is 0.843. The van der Waals surface area contributed by atoms with Gasteiger partial charge in [-0.3, -0.25) is 0 Å². The van der Waals surface area contributed by atoms with Crippen LogP contribution in [0.1, 0.15) is 24.0 Å². The lowest BCUT2D eigenvalue weighted by atomic mass is 9.96. The zero-order valence-corrected chi connectivity index (χ0v) is 15.2. The molecule has 0 aliphatic heterocycles. The van der Waals surface area contributed by atoms with Crippen LogP contribution in [0.15, 0.2) is 60.9 Å². The Balaban J connectivity index is 1.30. The van der Waals surface area contributed by atoms with Crippen molar-refractivity contribution in [2.24, 2.45) is 0 Å². The van der Waals surface area contributed by atoms with Crippen LogP contribution in [0.5, 0.6) is 0 Å². The van der Waals surface area contributed by atoms with Crippen molar-refractivity contribution >= 4 is 6.03 Å². The van der Waals surface area contributed by atoms with Crippen molar-refractivity contribution in [1.29, 1.82) is 0 Å². The van der Waals surface area contributed by atoms with Crippen LogP contribution >= 0.6 is 0 Å². The minimum atomic E-state index is -0.698. The van der Waals surface area contributed by atoms with Gasteiger partial charge < -0.3 is 10.6 Å². The van der Waals surface area contributed by atoms with Crippen LogP contribution in [0.25, 0.3) is 5.69 Å². The first-order valence-electron chi connectivity index (χ1n) is 9.12. The second kappa shape index (κ2) is 7.42. The lowest BCUT2D eigenvalue weighted by molar-refractivity contribution is 0.239. The van der Waals surface area contributed by atoms with E-state index in [4.69, 9.17) is 0 Å². The minimum absolute atomic E-state index is 0.0452. The molecule has 144 valence electrons. The van der Waals surface area contributed by atoms with E-state index in [1.807, 2.05) is 18.2 Å². The molecular formula is C21H20F2N4O. The summed E-state index contributed by atoms with van der Waals surface area (Å²) in [5.74, 6) is -1.34. The smallest absolute Gasteiger partial charge is 0.315 e. The number of hydrogen-bond acceptors (Lipinski definition) is 2. The maximum absolute atomic E-state index is 13.8. The summed E-state index contributed by atoms with van der Waals surface area (Å²) in [5, 5.41) is 9.78. The summed E-state index contributed by atoms with van der Waals surface area (Å²) in [7, 11) is 0. The molecule has 1 aliphatic rings. The number of nitrogens with one attached hydrogen (secondary N) is 2. The third-order valence-electron chi connectivity index (χ3n) is 5.07. The van der Waals surface area contributed by atoms with Crippen molar-refractivity contribution in [3.8, 4) is 5.69 Å².